The average Bonchev–Trinajstić information content (AvgIpc) is 2.46. The molecule has 0 spiro atoms. The van der Waals surface area contributed by atoms with Gasteiger partial charge in [-0.1, -0.05) is 6.07 Å². The van der Waals surface area contributed by atoms with E-state index in [9.17, 15) is 4.79 Å². The van der Waals surface area contributed by atoms with Crippen LogP contribution in [0.15, 0.2) is 30.5 Å². The molecule has 3 rings (SSSR count). The lowest BCUT2D eigenvalue weighted by Gasteiger charge is -2.21. The molecule has 1 aromatic carbocycles. The topological polar surface area (TPSA) is 76.1 Å². The van der Waals surface area contributed by atoms with Gasteiger partial charge in [0.15, 0.2) is 5.75 Å². The minimum Gasteiger partial charge on any atom is -0.489 e. The summed E-state index contributed by atoms with van der Waals surface area (Å²) in [5, 5.41) is 5.93. The number of halogens is 1. The number of hydrogen-bond donors (Lipinski definition) is 2. The molecule has 0 saturated heterocycles. The third kappa shape index (κ3) is 2.50. The van der Waals surface area contributed by atoms with Gasteiger partial charge in [-0.2, -0.15) is 0 Å². The smallest absolute Gasteiger partial charge is 0.260 e. The zero-order valence-electron chi connectivity index (χ0n) is 10.4. The maximum atomic E-state index is 12.3. The van der Waals surface area contributed by atoms with E-state index in [1.165, 1.54) is 6.20 Å². The molecular formula is C13H11ClN4O2. The Hall–Kier alpha value is -2.34. The lowest BCUT2D eigenvalue weighted by Crippen LogP contribution is -2.22. The molecule has 1 aliphatic heterocycles. The fourth-order valence-corrected chi connectivity index (χ4v) is 2.08. The number of rotatable bonds is 2. The van der Waals surface area contributed by atoms with Gasteiger partial charge in [-0.15, -0.1) is 0 Å². The predicted octanol–water partition coefficient (Wildman–Crippen LogP) is 2.19. The first-order chi connectivity index (χ1) is 9.74. The highest BCUT2D eigenvalue weighted by Crippen LogP contribution is 2.31. The SMILES string of the molecule is O=C(Nc1ccnc(Cl)n1)c1cccc2c1OCCN2. The quantitative estimate of drug-likeness (QED) is 0.829. The number of nitrogens with one attached hydrogen (secondary N) is 2. The molecule has 0 saturated carbocycles. The van der Waals surface area contributed by atoms with Crippen LogP contribution in [0.3, 0.4) is 0 Å². The van der Waals surface area contributed by atoms with Crippen LogP contribution < -0.4 is 15.4 Å². The number of hydrogen-bond acceptors (Lipinski definition) is 5. The fourth-order valence-electron chi connectivity index (χ4n) is 1.94. The summed E-state index contributed by atoms with van der Waals surface area (Å²) < 4.78 is 5.56. The van der Waals surface area contributed by atoms with Crippen molar-refractivity contribution in [2.45, 2.75) is 0 Å². The second-order valence-electron chi connectivity index (χ2n) is 4.12. The summed E-state index contributed by atoms with van der Waals surface area (Å²) in [4.78, 5) is 20.0. The second-order valence-corrected chi connectivity index (χ2v) is 4.46. The Balaban J connectivity index is 1.88. The first kappa shape index (κ1) is 12.7. The van der Waals surface area contributed by atoms with Crippen molar-refractivity contribution >= 4 is 29.0 Å². The van der Waals surface area contributed by atoms with Crippen molar-refractivity contribution in [3.8, 4) is 5.75 Å². The van der Waals surface area contributed by atoms with Gasteiger partial charge >= 0.3 is 0 Å². The molecule has 7 heteroatoms. The monoisotopic (exact) mass is 290 g/mol. The van der Waals surface area contributed by atoms with E-state index in [0.29, 0.717) is 23.7 Å². The van der Waals surface area contributed by atoms with E-state index < -0.39 is 0 Å². The van der Waals surface area contributed by atoms with Crippen LogP contribution in [-0.4, -0.2) is 29.0 Å². The maximum Gasteiger partial charge on any atom is 0.260 e. The number of fused-ring (bicyclic) bond motifs is 1. The Morgan fingerprint density at radius 1 is 1.40 bits per heavy atom. The van der Waals surface area contributed by atoms with Crippen LogP contribution in [0.1, 0.15) is 10.4 Å². The summed E-state index contributed by atoms with van der Waals surface area (Å²) in [6.07, 6.45) is 1.48. The number of carbonyl (C=O) groups is 1. The normalized spacial score (nSPS) is 12.8. The number of carbonyl (C=O) groups excluding carboxylic acids is 1. The number of ether oxygens (including phenoxy) is 1. The number of nitrogens with zero attached hydrogens (tertiary/aromatic N) is 2. The lowest BCUT2D eigenvalue weighted by molar-refractivity contribution is 0.102. The Kier molecular flexibility index (Phi) is 3.39. The highest BCUT2D eigenvalue weighted by Gasteiger charge is 2.19. The van der Waals surface area contributed by atoms with E-state index in [2.05, 4.69) is 20.6 Å². The molecule has 0 radical (unpaired) electrons. The van der Waals surface area contributed by atoms with E-state index >= 15 is 0 Å². The number of amides is 1. The number of para-hydroxylation sites is 1. The van der Waals surface area contributed by atoms with Crippen molar-refractivity contribution in [2.75, 3.05) is 23.8 Å². The summed E-state index contributed by atoms with van der Waals surface area (Å²) in [6.45, 7) is 1.25. The zero-order chi connectivity index (χ0) is 13.9. The van der Waals surface area contributed by atoms with Gasteiger partial charge < -0.3 is 15.4 Å². The maximum absolute atomic E-state index is 12.3. The molecule has 1 aromatic heterocycles. The Bertz CT molecular complexity index is 663. The highest BCUT2D eigenvalue weighted by atomic mass is 35.5. The van der Waals surface area contributed by atoms with Crippen LogP contribution in [0, 0.1) is 0 Å². The summed E-state index contributed by atoms with van der Waals surface area (Å²) >= 11 is 5.68. The molecule has 0 atom stereocenters. The average molecular weight is 291 g/mol. The van der Waals surface area contributed by atoms with Gasteiger partial charge in [0, 0.05) is 12.7 Å². The fraction of sp³-hybridized carbons (Fsp3) is 0.154. The summed E-state index contributed by atoms with van der Waals surface area (Å²) in [7, 11) is 0. The van der Waals surface area contributed by atoms with Gasteiger partial charge in [0.25, 0.3) is 5.91 Å². The molecule has 1 aliphatic rings. The van der Waals surface area contributed by atoms with Gasteiger partial charge in [-0.25, -0.2) is 9.97 Å². The van der Waals surface area contributed by atoms with E-state index in [4.69, 9.17) is 16.3 Å². The van der Waals surface area contributed by atoms with E-state index in [1.807, 2.05) is 6.07 Å². The highest BCUT2D eigenvalue weighted by molar-refractivity contribution is 6.28. The van der Waals surface area contributed by atoms with Crippen molar-refractivity contribution in [2.24, 2.45) is 0 Å². The third-order valence-electron chi connectivity index (χ3n) is 2.79. The molecule has 1 amide bonds. The minimum absolute atomic E-state index is 0.0795. The molecule has 0 aliphatic carbocycles. The molecule has 102 valence electrons. The van der Waals surface area contributed by atoms with Crippen LogP contribution in [0.2, 0.25) is 5.28 Å². The molecule has 2 N–H and O–H groups in total. The molecule has 0 bridgehead atoms. The molecule has 0 fully saturated rings. The summed E-state index contributed by atoms with van der Waals surface area (Å²) in [5.74, 6) is 0.591. The van der Waals surface area contributed by atoms with Gasteiger partial charge in [0.2, 0.25) is 5.28 Å². The van der Waals surface area contributed by atoms with Crippen LogP contribution in [-0.2, 0) is 0 Å². The minimum atomic E-state index is -0.305. The molecule has 2 aromatic rings. The third-order valence-corrected chi connectivity index (χ3v) is 2.97. The van der Waals surface area contributed by atoms with Crippen LogP contribution in [0.25, 0.3) is 0 Å². The number of anilines is 2. The lowest BCUT2D eigenvalue weighted by atomic mass is 10.1. The standard InChI is InChI=1S/C13H11ClN4O2/c14-13-16-5-4-10(18-13)17-12(19)8-2-1-3-9-11(8)20-7-6-15-9/h1-5,15H,6-7H2,(H,16,17,18,19). The first-order valence-electron chi connectivity index (χ1n) is 6.03. The van der Waals surface area contributed by atoms with E-state index in [1.54, 1.807) is 18.2 Å². The molecule has 6 nitrogen and oxygen atoms in total. The summed E-state index contributed by atoms with van der Waals surface area (Å²) in [5.41, 5.74) is 1.26. The molecule has 0 unspecified atom stereocenters. The Morgan fingerprint density at radius 3 is 3.15 bits per heavy atom. The number of aromatic nitrogens is 2. The van der Waals surface area contributed by atoms with Gasteiger partial charge in [-0.3, -0.25) is 4.79 Å². The van der Waals surface area contributed by atoms with Crippen molar-refractivity contribution in [1.29, 1.82) is 0 Å². The van der Waals surface area contributed by atoms with E-state index in [-0.39, 0.29) is 11.2 Å². The van der Waals surface area contributed by atoms with Gasteiger partial charge in [-0.05, 0) is 29.8 Å². The second kappa shape index (κ2) is 5.34. The van der Waals surface area contributed by atoms with Gasteiger partial charge in [0.1, 0.15) is 12.4 Å². The molecule has 20 heavy (non-hydrogen) atoms. The van der Waals surface area contributed by atoms with Crippen molar-refractivity contribution in [1.82, 2.24) is 9.97 Å². The van der Waals surface area contributed by atoms with Crippen molar-refractivity contribution in [3.63, 3.8) is 0 Å². The van der Waals surface area contributed by atoms with Crippen molar-refractivity contribution in [3.05, 3.63) is 41.3 Å². The van der Waals surface area contributed by atoms with Crippen LogP contribution in [0.4, 0.5) is 11.5 Å². The van der Waals surface area contributed by atoms with Crippen LogP contribution >= 0.6 is 11.6 Å². The van der Waals surface area contributed by atoms with Crippen molar-refractivity contribution < 1.29 is 9.53 Å². The largest absolute Gasteiger partial charge is 0.489 e. The molecular weight excluding hydrogens is 280 g/mol. The number of benzene rings is 1. The Labute approximate surface area is 120 Å². The van der Waals surface area contributed by atoms with E-state index in [0.717, 1.165) is 12.2 Å². The predicted molar refractivity (Wildman–Crippen MR) is 75.4 cm³/mol. The molecule has 2 heterocycles. The van der Waals surface area contributed by atoms with Crippen LogP contribution in [0.5, 0.6) is 5.75 Å². The zero-order valence-corrected chi connectivity index (χ0v) is 11.1. The van der Waals surface area contributed by atoms with Gasteiger partial charge in [0.05, 0.1) is 11.3 Å². The Morgan fingerprint density at radius 2 is 2.30 bits per heavy atom. The summed E-state index contributed by atoms with van der Waals surface area (Å²) in [6, 6.07) is 6.93. The first-order valence-corrected chi connectivity index (χ1v) is 6.41.